The summed E-state index contributed by atoms with van der Waals surface area (Å²) in [5.41, 5.74) is 1.39. The standard InChI is InChI=1S/C16H14O3/c17-13(11-7-3-1-4-8-11)15-16(19-15)14(18)12-9-5-2-6-10-12/h1-10,13,15-17H/t13-,15-,16+/m1/s1. The van der Waals surface area contributed by atoms with Gasteiger partial charge >= 0.3 is 0 Å². The summed E-state index contributed by atoms with van der Waals surface area (Å²) in [6.45, 7) is 0. The smallest absolute Gasteiger partial charge is 0.194 e. The molecule has 1 N–H and O–H groups in total. The van der Waals surface area contributed by atoms with Crippen LogP contribution in [0.2, 0.25) is 0 Å². The van der Waals surface area contributed by atoms with Gasteiger partial charge in [0.05, 0.1) is 0 Å². The summed E-state index contributed by atoms with van der Waals surface area (Å²) in [7, 11) is 0. The number of carbonyl (C=O) groups is 1. The predicted octanol–water partition coefficient (Wildman–Crippen LogP) is 2.37. The highest BCUT2D eigenvalue weighted by Gasteiger charge is 2.49. The Morgan fingerprint density at radius 3 is 2.21 bits per heavy atom. The number of ether oxygens (including phenoxy) is 1. The largest absolute Gasteiger partial charge is 0.386 e. The summed E-state index contributed by atoms with van der Waals surface area (Å²) in [4.78, 5) is 12.1. The van der Waals surface area contributed by atoms with Crippen molar-refractivity contribution in [3.05, 3.63) is 71.8 Å². The van der Waals surface area contributed by atoms with E-state index in [1.54, 1.807) is 12.1 Å². The number of ketones is 1. The topological polar surface area (TPSA) is 49.8 Å². The van der Waals surface area contributed by atoms with Crippen LogP contribution in [0.15, 0.2) is 60.7 Å². The molecule has 96 valence electrons. The van der Waals surface area contributed by atoms with E-state index in [0.29, 0.717) is 5.56 Å². The van der Waals surface area contributed by atoms with Crippen molar-refractivity contribution >= 4 is 5.78 Å². The van der Waals surface area contributed by atoms with Gasteiger partial charge in [0.2, 0.25) is 0 Å². The Kier molecular flexibility index (Phi) is 3.15. The second kappa shape index (κ2) is 4.96. The first-order valence-electron chi connectivity index (χ1n) is 6.25. The van der Waals surface area contributed by atoms with Gasteiger partial charge in [-0.15, -0.1) is 0 Å². The molecule has 2 aromatic carbocycles. The molecule has 1 aliphatic heterocycles. The van der Waals surface area contributed by atoms with Crippen LogP contribution >= 0.6 is 0 Å². The zero-order chi connectivity index (χ0) is 13.2. The molecule has 1 heterocycles. The van der Waals surface area contributed by atoms with Gasteiger partial charge in [-0.25, -0.2) is 0 Å². The van der Waals surface area contributed by atoms with Crippen LogP contribution in [0.1, 0.15) is 22.0 Å². The van der Waals surface area contributed by atoms with E-state index in [1.807, 2.05) is 48.5 Å². The van der Waals surface area contributed by atoms with Crippen LogP contribution in [0.25, 0.3) is 0 Å². The minimum atomic E-state index is -0.751. The van der Waals surface area contributed by atoms with Crippen molar-refractivity contribution < 1.29 is 14.6 Å². The van der Waals surface area contributed by atoms with E-state index in [4.69, 9.17) is 4.74 Å². The molecule has 19 heavy (non-hydrogen) atoms. The quantitative estimate of drug-likeness (QED) is 0.673. The summed E-state index contributed by atoms with van der Waals surface area (Å²) in [5.74, 6) is -0.0689. The van der Waals surface area contributed by atoms with E-state index in [2.05, 4.69) is 0 Å². The van der Waals surface area contributed by atoms with Crippen molar-refractivity contribution in [1.82, 2.24) is 0 Å². The lowest BCUT2D eigenvalue weighted by molar-refractivity contribution is 0.0953. The lowest BCUT2D eigenvalue weighted by Gasteiger charge is -2.07. The van der Waals surface area contributed by atoms with Crippen LogP contribution in [0.5, 0.6) is 0 Å². The second-order valence-corrected chi connectivity index (χ2v) is 4.61. The SMILES string of the molecule is O=C(c1ccccc1)[C@@H]1O[C@@H]1[C@H](O)c1ccccc1. The van der Waals surface area contributed by atoms with Gasteiger partial charge in [0.1, 0.15) is 18.3 Å². The summed E-state index contributed by atoms with van der Waals surface area (Å²) in [6.07, 6.45) is -1.72. The van der Waals surface area contributed by atoms with Gasteiger partial charge in [0.25, 0.3) is 0 Å². The Morgan fingerprint density at radius 1 is 1.00 bits per heavy atom. The second-order valence-electron chi connectivity index (χ2n) is 4.61. The van der Waals surface area contributed by atoms with E-state index in [0.717, 1.165) is 5.56 Å². The van der Waals surface area contributed by atoms with E-state index in [-0.39, 0.29) is 5.78 Å². The van der Waals surface area contributed by atoms with Crippen molar-refractivity contribution in [3.8, 4) is 0 Å². The predicted molar refractivity (Wildman–Crippen MR) is 70.8 cm³/mol. The van der Waals surface area contributed by atoms with Crippen LogP contribution < -0.4 is 0 Å². The maximum atomic E-state index is 12.1. The maximum Gasteiger partial charge on any atom is 0.194 e. The molecule has 3 heteroatoms. The first-order chi connectivity index (χ1) is 9.27. The third-order valence-corrected chi connectivity index (χ3v) is 3.29. The molecule has 0 amide bonds. The summed E-state index contributed by atoms with van der Waals surface area (Å²) in [5, 5.41) is 10.1. The molecule has 0 radical (unpaired) electrons. The van der Waals surface area contributed by atoms with Crippen LogP contribution in [0, 0.1) is 0 Å². The summed E-state index contributed by atoms with van der Waals surface area (Å²) >= 11 is 0. The fourth-order valence-corrected chi connectivity index (χ4v) is 2.18. The summed E-state index contributed by atoms with van der Waals surface area (Å²) in [6, 6.07) is 18.3. The Bertz CT molecular complexity index is 565. The lowest BCUT2D eigenvalue weighted by atomic mass is 10.0. The molecular formula is C16H14O3. The fraction of sp³-hybridized carbons (Fsp3) is 0.188. The fourth-order valence-electron chi connectivity index (χ4n) is 2.18. The molecular weight excluding hydrogens is 240 g/mol. The van der Waals surface area contributed by atoms with Gasteiger partial charge in [-0.1, -0.05) is 60.7 Å². The highest BCUT2D eigenvalue weighted by atomic mass is 16.6. The molecule has 3 nitrogen and oxygen atoms in total. The van der Waals surface area contributed by atoms with E-state index in [9.17, 15) is 9.90 Å². The van der Waals surface area contributed by atoms with Gasteiger partial charge in [-0.05, 0) is 5.56 Å². The molecule has 0 aromatic heterocycles. The summed E-state index contributed by atoms with van der Waals surface area (Å²) < 4.78 is 5.35. The zero-order valence-electron chi connectivity index (χ0n) is 10.3. The molecule has 1 aliphatic rings. The molecule has 1 saturated heterocycles. The number of Topliss-reactive ketones (excluding diaryl/α,β-unsaturated/α-hetero) is 1. The van der Waals surface area contributed by atoms with Crippen LogP contribution in [0.4, 0.5) is 0 Å². The van der Waals surface area contributed by atoms with E-state index in [1.165, 1.54) is 0 Å². The van der Waals surface area contributed by atoms with Crippen molar-refractivity contribution in [2.45, 2.75) is 18.3 Å². The van der Waals surface area contributed by atoms with Gasteiger partial charge in [-0.3, -0.25) is 4.79 Å². The first-order valence-corrected chi connectivity index (χ1v) is 6.25. The minimum absolute atomic E-state index is 0.0689. The van der Waals surface area contributed by atoms with Crippen molar-refractivity contribution in [2.75, 3.05) is 0 Å². The number of benzene rings is 2. The molecule has 0 bridgehead atoms. The van der Waals surface area contributed by atoms with Crippen molar-refractivity contribution in [2.24, 2.45) is 0 Å². The third kappa shape index (κ3) is 2.43. The van der Waals surface area contributed by atoms with Gasteiger partial charge in [0, 0.05) is 5.56 Å². The highest BCUT2D eigenvalue weighted by molar-refractivity contribution is 6.01. The number of aliphatic hydroxyl groups excluding tert-OH is 1. The van der Waals surface area contributed by atoms with Crippen LogP contribution in [0.3, 0.4) is 0 Å². The van der Waals surface area contributed by atoms with E-state index < -0.39 is 18.3 Å². The molecule has 0 saturated carbocycles. The third-order valence-electron chi connectivity index (χ3n) is 3.29. The van der Waals surface area contributed by atoms with Gasteiger partial charge in [-0.2, -0.15) is 0 Å². The Hall–Kier alpha value is -1.97. The number of hydrogen-bond acceptors (Lipinski definition) is 3. The normalized spacial score (nSPS) is 22.8. The Balaban J connectivity index is 1.70. The van der Waals surface area contributed by atoms with Gasteiger partial charge < -0.3 is 9.84 Å². The maximum absolute atomic E-state index is 12.1. The minimum Gasteiger partial charge on any atom is -0.386 e. The highest BCUT2D eigenvalue weighted by Crippen LogP contribution is 2.36. The number of carbonyl (C=O) groups excluding carboxylic acids is 1. The molecule has 0 unspecified atom stereocenters. The van der Waals surface area contributed by atoms with Crippen LogP contribution in [-0.4, -0.2) is 23.1 Å². The average Bonchev–Trinajstić information content (AvgIpc) is 3.28. The molecule has 2 aromatic rings. The monoisotopic (exact) mass is 254 g/mol. The van der Waals surface area contributed by atoms with Crippen LogP contribution in [-0.2, 0) is 4.74 Å². The van der Waals surface area contributed by atoms with Gasteiger partial charge in [0.15, 0.2) is 5.78 Å². The number of epoxide rings is 1. The molecule has 3 rings (SSSR count). The average molecular weight is 254 g/mol. The first kappa shape index (κ1) is 12.1. The Morgan fingerprint density at radius 2 is 1.58 bits per heavy atom. The number of aliphatic hydroxyl groups is 1. The molecule has 0 spiro atoms. The van der Waals surface area contributed by atoms with Crippen molar-refractivity contribution in [1.29, 1.82) is 0 Å². The Labute approximate surface area is 111 Å². The zero-order valence-corrected chi connectivity index (χ0v) is 10.3. The molecule has 3 atom stereocenters. The molecule has 1 fully saturated rings. The number of rotatable bonds is 4. The molecule has 0 aliphatic carbocycles. The van der Waals surface area contributed by atoms with Crippen molar-refractivity contribution in [3.63, 3.8) is 0 Å². The number of hydrogen-bond donors (Lipinski definition) is 1. The lowest BCUT2D eigenvalue weighted by Crippen LogP contribution is -2.15. The van der Waals surface area contributed by atoms with E-state index >= 15 is 0 Å².